The highest BCUT2D eigenvalue weighted by Gasteiger charge is 2.40. The van der Waals surface area contributed by atoms with Crippen LogP contribution in [0.4, 0.5) is 26.4 Å². The Morgan fingerprint density at radius 2 is 1.95 bits per heavy atom. The summed E-state index contributed by atoms with van der Waals surface area (Å²) in [4.78, 5) is 39.0. The van der Waals surface area contributed by atoms with Crippen molar-refractivity contribution in [3.63, 3.8) is 0 Å². The van der Waals surface area contributed by atoms with Crippen LogP contribution in [-0.2, 0) is 16.0 Å². The van der Waals surface area contributed by atoms with Crippen molar-refractivity contribution in [3.05, 3.63) is 47.8 Å². The summed E-state index contributed by atoms with van der Waals surface area (Å²) in [7, 11) is 0. The van der Waals surface area contributed by atoms with E-state index in [9.17, 15) is 14.0 Å². The Bertz CT molecular complexity index is 1460. The monoisotopic (exact) mass is 594 g/mol. The van der Waals surface area contributed by atoms with Crippen LogP contribution in [0.2, 0.25) is 0 Å². The molecule has 3 aromatic heterocycles. The van der Waals surface area contributed by atoms with E-state index in [-0.39, 0.29) is 23.0 Å². The van der Waals surface area contributed by atoms with E-state index in [1.807, 2.05) is 54.5 Å². The van der Waals surface area contributed by atoms with E-state index in [4.69, 9.17) is 4.74 Å². The largest absolute Gasteiger partial charge is 0.460 e. The minimum atomic E-state index is -0.545. The topological polar surface area (TPSA) is 92.1 Å². The fourth-order valence-corrected chi connectivity index (χ4v) is 5.48. The number of hydrogen-bond acceptors (Lipinski definition) is 6. The first kappa shape index (κ1) is 32.2. The lowest BCUT2D eigenvalue weighted by Crippen LogP contribution is -2.35. The molecule has 0 spiro atoms. The molecule has 10 heteroatoms. The van der Waals surface area contributed by atoms with Gasteiger partial charge in [0.2, 0.25) is 0 Å². The number of ether oxygens (including phenoxy) is 1. The van der Waals surface area contributed by atoms with Gasteiger partial charge in [0.25, 0.3) is 0 Å². The fourth-order valence-electron chi connectivity index (χ4n) is 5.48. The summed E-state index contributed by atoms with van der Waals surface area (Å²) in [5.41, 5.74) is 3.09. The molecule has 43 heavy (non-hydrogen) atoms. The molecule has 1 aliphatic heterocycles. The molecule has 9 nitrogen and oxygen atoms in total. The van der Waals surface area contributed by atoms with Crippen LogP contribution >= 0.6 is 0 Å². The molecule has 2 amide bonds. The number of fused-ring (bicyclic) bond motifs is 2. The zero-order valence-electron chi connectivity index (χ0n) is 27.0. The zero-order chi connectivity index (χ0) is 31.5. The Morgan fingerprint density at radius 1 is 1.23 bits per heavy atom. The second-order valence-electron chi connectivity index (χ2n) is 12.8. The predicted octanol–water partition coefficient (Wildman–Crippen LogP) is 7.16. The lowest BCUT2D eigenvalue weighted by Gasteiger charge is -2.31. The smallest absolute Gasteiger partial charge is 0.327 e. The van der Waals surface area contributed by atoms with E-state index in [1.165, 1.54) is 25.1 Å². The van der Waals surface area contributed by atoms with E-state index < -0.39 is 17.4 Å². The molecule has 0 saturated heterocycles. The quantitative estimate of drug-likeness (QED) is 0.264. The number of carbonyl (C=O) groups excluding carboxylic acids is 2. The average Bonchev–Trinajstić information content (AvgIpc) is 3.33. The Kier molecular flexibility index (Phi) is 9.66. The molecule has 1 fully saturated rings. The highest BCUT2D eigenvalue weighted by atomic mass is 19.1. The van der Waals surface area contributed by atoms with Crippen LogP contribution in [-0.4, -0.2) is 51.6 Å². The number of urea groups is 1. The highest BCUT2D eigenvalue weighted by molar-refractivity contribution is 6.03. The summed E-state index contributed by atoms with van der Waals surface area (Å²) >= 11 is 0. The average molecular weight is 595 g/mol. The van der Waals surface area contributed by atoms with Crippen molar-refractivity contribution in [1.82, 2.24) is 14.4 Å². The lowest BCUT2D eigenvalue weighted by molar-refractivity contribution is -0.160. The molecule has 1 saturated carbocycles. The molecule has 5 rings (SSSR count). The molecule has 1 aliphatic carbocycles. The minimum Gasteiger partial charge on any atom is -0.460 e. The number of aromatic nitrogens is 3. The number of aryl methyl sites for hydroxylation is 1. The molecule has 0 radical (unpaired) electrons. The van der Waals surface area contributed by atoms with Crippen molar-refractivity contribution in [2.75, 3.05) is 34.8 Å². The van der Waals surface area contributed by atoms with Gasteiger partial charge in [0, 0.05) is 55.5 Å². The number of hydrogen-bond donors (Lipinski definition) is 1. The van der Waals surface area contributed by atoms with Gasteiger partial charge in [0.15, 0.2) is 5.82 Å². The lowest BCUT2D eigenvalue weighted by atomic mass is 10.00. The molecule has 3 aromatic rings. The number of esters is 1. The molecular formula is C33H47FN6O3. The first-order chi connectivity index (χ1) is 20.4. The predicted molar refractivity (Wildman–Crippen MR) is 169 cm³/mol. The Balaban J connectivity index is 0.00000207. The van der Waals surface area contributed by atoms with Crippen molar-refractivity contribution in [2.24, 2.45) is 11.3 Å². The number of carbonyl (C=O) groups is 2. The number of halogens is 1. The summed E-state index contributed by atoms with van der Waals surface area (Å²) in [5, 5.41) is 2.73. The van der Waals surface area contributed by atoms with E-state index in [1.54, 1.807) is 21.7 Å². The SMILES string of the molecule is CC.CCC(CCN(CC1(C)CC1)c1ccnc2c1CCN2C(=O)Nc1cn2cc(C)nc2cc1F)C(=O)OC(C)(C)C. The van der Waals surface area contributed by atoms with Crippen LogP contribution in [0.25, 0.3) is 5.65 Å². The Morgan fingerprint density at radius 3 is 2.60 bits per heavy atom. The van der Waals surface area contributed by atoms with Gasteiger partial charge in [-0.05, 0) is 71.3 Å². The van der Waals surface area contributed by atoms with E-state index in [0.717, 1.165) is 23.5 Å². The third kappa shape index (κ3) is 7.64. The molecule has 1 unspecified atom stereocenters. The molecular weight excluding hydrogens is 547 g/mol. The van der Waals surface area contributed by atoms with Gasteiger partial charge >= 0.3 is 12.0 Å². The fraction of sp³-hybridized carbons (Fsp3) is 0.576. The number of imidazole rings is 1. The number of nitrogens with one attached hydrogen (secondary N) is 1. The molecule has 1 atom stereocenters. The zero-order valence-corrected chi connectivity index (χ0v) is 27.0. The van der Waals surface area contributed by atoms with Crippen molar-refractivity contribution in [1.29, 1.82) is 0 Å². The minimum absolute atomic E-state index is 0.0838. The maximum atomic E-state index is 14.8. The van der Waals surface area contributed by atoms with Crippen LogP contribution in [0.5, 0.6) is 0 Å². The summed E-state index contributed by atoms with van der Waals surface area (Å²) in [6.07, 6.45) is 9.42. The number of nitrogens with zero attached hydrogens (tertiary/aromatic N) is 5. The number of anilines is 3. The normalized spacial score (nSPS) is 15.8. The van der Waals surface area contributed by atoms with E-state index in [0.29, 0.717) is 43.8 Å². The first-order valence-electron chi connectivity index (χ1n) is 15.5. The van der Waals surface area contributed by atoms with Gasteiger partial charge < -0.3 is 19.4 Å². The third-order valence-corrected chi connectivity index (χ3v) is 8.00. The maximum absolute atomic E-state index is 14.8. The maximum Gasteiger partial charge on any atom is 0.327 e. The van der Waals surface area contributed by atoms with Crippen LogP contribution in [0, 0.1) is 24.1 Å². The van der Waals surface area contributed by atoms with Gasteiger partial charge in [-0.15, -0.1) is 0 Å². The van der Waals surface area contributed by atoms with Crippen LogP contribution in [0.1, 0.15) is 85.4 Å². The van der Waals surface area contributed by atoms with Crippen molar-refractivity contribution in [3.8, 4) is 0 Å². The van der Waals surface area contributed by atoms with Gasteiger partial charge in [0.1, 0.15) is 17.1 Å². The molecule has 234 valence electrons. The van der Waals surface area contributed by atoms with Crippen molar-refractivity contribution in [2.45, 2.75) is 93.1 Å². The first-order valence-corrected chi connectivity index (χ1v) is 15.5. The standard InChI is InChI=1S/C31H41FN6O3.C2H6/c1-7-21(28(39)41-30(3,4)5)9-14-36(19-31(6)11-12-31)25-8-13-33-27-22(25)10-15-38(27)29(40)35-24-18-37-17-20(2)34-26(37)16-23(24)32;1-2/h8,13,16-18,21H,7,9-12,14-15,19H2,1-6H3,(H,35,40);1-2H3. The van der Waals surface area contributed by atoms with Gasteiger partial charge in [0.05, 0.1) is 17.3 Å². The van der Waals surface area contributed by atoms with E-state index >= 15 is 0 Å². The number of amides is 2. The number of pyridine rings is 2. The molecule has 0 aromatic carbocycles. The summed E-state index contributed by atoms with van der Waals surface area (Å²) in [6, 6.07) is 2.89. The van der Waals surface area contributed by atoms with Gasteiger partial charge in [-0.1, -0.05) is 27.7 Å². The second kappa shape index (κ2) is 12.9. The van der Waals surface area contributed by atoms with Crippen molar-refractivity contribution >= 4 is 34.8 Å². The number of rotatable bonds is 9. The highest BCUT2D eigenvalue weighted by Crippen LogP contribution is 2.47. The van der Waals surface area contributed by atoms with Crippen LogP contribution in [0.3, 0.4) is 0 Å². The molecule has 2 aliphatic rings. The van der Waals surface area contributed by atoms with Gasteiger partial charge in [-0.3, -0.25) is 9.69 Å². The second-order valence-corrected chi connectivity index (χ2v) is 12.8. The molecule has 1 N–H and O–H groups in total. The summed E-state index contributed by atoms with van der Waals surface area (Å²) in [5.74, 6) is -0.300. The molecule has 0 bridgehead atoms. The summed E-state index contributed by atoms with van der Waals surface area (Å²) in [6.45, 7) is 17.8. The van der Waals surface area contributed by atoms with Gasteiger partial charge in [-0.25, -0.2) is 19.2 Å². The van der Waals surface area contributed by atoms with Gasteiger partial charge in [-0.2, -0.15) is 0 Å². The van der Waals surface area contributed by atoms with Crippen LogP contribution < -0.4 is 15.1 Å². The van der Waals surface area contributed by atoms with Crippen LogP contribution in [0.15, 0.2) is 30.7 Å². The van der Waals surface area contributed by atoms with Crippen molar-refractivity contribution < 1.29 is 18.7 Å². The summed E-state index contributed by atoms with van der Waals surface area (Å²) < 4.78 is 22.2. The third-order valence-electron chi connectivity index (χ3n) is 8.00. The Hall–Kier alpha value is -3.69. The van der Waals surface area contributed by atoms with E-state index in [2.05, 4.69) is 27.1 Å². The molecule has 4 heterocycles. The Labute approximate surface area is 254 Å².